The Morgan fingerprint density at radius 3 is 1.21 bits per heavy atom. The summed E-state index contributed by atoms with van der Waals surface area (Å²) >= 11 is 3.38. The van der Waals surface area contributed by atoms with Gasteiger partial charge < -0.3 is 14.2 Å². The smallest absolute Gasteiger partial charge is 0.369 e. The van der Waals surface area contributed by atoms with Gasteiger partial charge in [0.1, 0.15) is 0 Å². The molecule has 0 aliphatic heterocycles. The predicted octanol–water partition coefficient (Wildman–Crippen LogP) is 4.01. The van der Waals surface area contributed by atoms with E-state index >= 15 is 0 Å². The van der Waals surface area contributed by atoms with E-state index in [9.17, 15) is 53.9 Å². The van der Waals surface area contributed by atoms with Crippen LogP contribution in [0.1, 0.15) is 31.1 Å². The third kappa shape index (κ3) is 7.16. The Morgan fingerprint density at radius 2 is 0.929 bits per heavy atom. The highest BCUT2D eigenvalue weighted by Gasteiger charge is 2.39. The monoisotopic (exact) mass is 446 g/mol. The largest absolute Gasteiger partial charge is 0.575 e. The number of thiol groups is 1. The molecule has 0 amide bonds. The Bertz CT molecular complexity index is 747. The maximum absolute atomic E-state index is 12.1. The molecule has 0 fully saturated rings. The van der Waals surface area contributed by atoms with Crippen molar-refractivity contribution < 1.29 is 68.1 Å². The Morgan fingerprint density at radius 1 is 0.643 bits per heavy atom. The highest BCUT2D eigenvalue weighted by molar-refractivity contribution is 7.80. The third-order valence-corrected chi connectivity index (χ3v) is 2.89. The van der Waals surface area contributed by atoms with Gasteiger partial charge in [-0.1, -0.05) is 0 Å². The highest BCUT2D eigenvalue weighted by atomic mass is 32.1. The van der Waals surface area contributed by atoms with E-state index in [0.717, 1.165) is 0 Å². The summed E-state index contributed by atoms with van der Waals surface area (Å²) in [5.41, 5.74) is -4.35. The summed E-state index contributed by atoms with van der Waals surface area (Å²) in [5.74, 6) is -7.14. The van der Waals surface area contributed by atoms with Crippen LogP contribution in [0.25, 0.3) is 0 Å². The van der Waals surface area contributed by atoms with Crippen molar-refractivity contribution in [3.05, 3.63) is 28.8 Å². The fourth-order valence-corrected chi connectivity index (χ4v) is 1.86. The number of halogens is 9. The Labute approximate surface area is 152 Å². The number of carbonyl (C=O) groups excluding carboxylic acids is 3. The summed E-state index contributed by atoms with van der Waals surface area (Å²) in [6.07, 6.45) is -16.8. The molecule has 0 spiro atoms. The van der Waals surface area contributed by atoms with Crippen molar-refractivity contribution in [3.63, 3.8) is 0 Å². The molecule has 6 nitrogen and oxygen atoms in total. The molecule has 0 radical (unpaired) electrons. The Kier molecular flexibility index (Phi) is 6.49. The predicted molar refractivity (Wildman–Crippen MR) is 68.1 cm³/mol. The summed E-state index contributed by atoms with van der Waals surface area (Å²) in [4.78, 5) is 33.1. The molecule has 16 heteroatoms. The average Bonchev–Trinajstić information content (AvgIpc) is 2.41. The lowest BCUT2D eigenvalue weighted by Crippen LogP contribution is -2.24. The molecular formula is C12H3F9O6S. The number of ether oxygens (including phenoxy) is 3. The van der Waals surface area contributed by atoms with Crippen LogP contribution in [0, 0.1) is 0 Å². The van der Waals surface area contributed by atoms with Gasteiger partial charge in [-0.25, -0.2) is 14.4 Å². The SMILES string of the molecule is O=C(OC(F)(F)F)c1cc(C(=O)OC(F)(F)F)c(S)c(C(=O)OC(F)(F)F)c1. The van der Waals surface area contributed by atoms with Crippen molar-refractivity contribution in [1.29, 1.82) is 0 Å². The van der Waals surface area contributed by atoms with Crippen LogP contribution in [0.4, 0.5) is 39.5 Å². The van der Waals surface area contributed by atoms with Gasteiger partial charge in [0.25, 0.3) is 0 Å². The van der Waals surface area contributed by atoms with Gasteiger partial charge in [-0.05, 0) is 12.1 Å². The number of esters is 3. The third-order valence-electron chi connectivity index (χ3n) is 2.41. The maximum Gasteiger partial charge on any atom is 0.575 e. The lowest BCUT2D eigenvalue weighted by atomic mass is 10.1. The van der Waals surface area contributed by atoms with Crippen molar-refractivity contribution in [2.45, 2.75) is 24.0 Å². The minimum absolute atomic E-state index is 0.0366. The molecule has 156 valence electrons. The second-order valence-electron chi connectivity index (χ2n) is 4.43. The van der Waals surface area contributed by atoms with E-state index < -0.39 is 58.6 Å². The van der Waals surface area contributed by atoms with Gasteiger partial charge >= 0.3 is 37.0 Å². The fourth-order valence-electron chi connectivity index (χ4n) is 1.55. The number of benzene rings is 1. The van der Waals surface area contributed by atoms with Gasteiger partial charge in [0.05, 0.1) is 16.7 Å². The second-order valence-corrected chi connectivity index (χ2v) is 4.87. The van der Waals surface area contributed by atoms with Crippen molar-refractivity contribution in [2.75, 3.05) is 0 Å². The zero-order valence-corrected chi connectivity index (χ0v) is 13.3. The van der Waals surface area contributed by atoms with Crippen LogP contribution in [0.3, 0.4) is 0 Å². The number of carbonyl (C=O) groups is 3. The molecule has 1 rings (SSSR count). The van der Waals surface area contributed by atoms with Gasteiger partial charge in [-0.2, -0.15) is 0 Å². The molecular weight excluding hydrogens is 443 g/mol. The lowest BCUT2D eigenvalue weighted by molar-refractivity contribution is -0.293. The number of hydrogen-bond acceptors (Lipinski definition) is 7. The number of alkyl halides is 9. The zero-order chi connectivity index (χ0) is 22.1. The lowest BCUT2D eigenvalue weighted by Gasteiger charge is -2.14. The molecule has 0 aliphatic rings. The van der Waals surface area contributed by atoms with E-state index in [1.165, 1.54) is 0 Å². The second kappa shape index (κ2) is 7.76. The van der Waals surface area contributed by atoms with Crippen LogP contribution >= 0.6 is 12.6 Å². The summed E-state index contributed by atoms with van der Waals surface area (Å²) in [5, 5.41) is 0. The first-order valence-corrected chi connectivity index (χ1v) is 6.61. The van der Waals surface area contributed by atoms with Crippen LogP contribution in [0.5, 0.6) is 0 Å². The first-order chi connectivity index (χ1) is 12.4. The first kappa shape index (κ1) is 23.4. The van der Waals surface area contributed by atoms with Crippen LogP contribution in [0.2, 0.25) is 0 Å². The molecule has 0 saturated heterocycles. The van der Waals surface area contributed by atoms with E-state index in [0.29, 0.717) is 0 Å². The molecule has 0 aromatic heterocycles. The van der Waals surface area contributed by atoms with Crippen molar-refractivity contribution in [1.82, 2.24) is 0 Å². The summed E-state index contributed by atoms with van der Waals surface area (Å²) in [7, 11) is 0. The van der Waals surface area contributed by atoms with Gasteiger partial charge in [0.15, 0.2) is 0 Å². The van der Waals surface area contributed by atoms with Gasteiger partial charge in [-0.15, -0.1) is 52.1 Å². The topological polar surface area (TPSA) is 78.9 Å². The Hall–Kier alpha value is -2.65. The first-order valence-electron chi connectivity index (χ1n) is 6.17. The summed E-state index contributed by atoms with van der Waals surface area (Å²) in [6.45, 7) is 0. The van der Waals surface area contributed by atoms with Gasteiger partial charge in [0.2, 0.25) is 0 Å². The van der Waals surface area contributed by atoms with Crippen LogP contribution < -0.4 is 0 Å². The zero-order valence-electron chi connectivity index (χ0n) is 12.5. The van der Waals surface area contributed by atoms with Crippen LogP contribution in [-0.2, 0) is 14.2 Å². The van der Waals surface area contributed by atoms with E-state index in [-0.39, 0.29) is 12.1 Å². The minimum atomic E-state index is -5.62. The number of hydrogen-bond donors (Lipinski definition) is 1. The van der Waals surface area contributed by atoms with Gasteiger partial charge in [-0.3, -0.25) is 0 Å². The van der Waals surface area contributed by atoms with E-state index in [1.807, 2.05) is 0 Å². The molecule has 1 aromatic rings. The molecule has 0 saturated carbocycles. The van der Waals surface area contributed by atoms with E-state index in [4.69, 9.17) is 0 Å². The molecule has 1 aromatic carbocycles. The molecule has 0 heterocycles. The van der Waals surface area contributed by atoms with Crippen molar-refractivity contribution in [3.8, 4) is 0 Å². The van der Waals surface area contributed by atoms with Gasteiger partial charge in [0, 0.05) is 4.90 Å². The fraction of sp³-hybridized carbons (Fsp3) is 0.250. The number of rotatable bonds is 3. The molecule has 0 unspecified atom stereocenters. The minimum Gasteiger partial charge on any atom is -0.369 e. The molecule has 0 atom stereocenters. The molecule has 28 heavy (non-hydrogen) atoms. The van der Waals surface area contributed by atoms with E-state index in [1.54, 1.807) is 0 Å². The summed E-state index contributed by atoms with van der Waals surface area (Å²) < 4.78 is 118. The molecule has 0 aliphatic carbocycles. The van der Waals surface area contributed by atoms with Crippen LogP contribution in [-0.4, -0.2) is 37.0 Å². The van der Waals surface area contributed by atoms with Crippen molar-refractivity contribution in [2.24, 2.45) is 0 Å². The summed E-state index contributed by atoms with van der Waals surface area (Å²) in [6, 6.07) is 0.0731. The van der Waals surface area contributed by atoms with E-state index in [2.05, 4.69) is 26.8 Å². The quantitative estimate of drug-likeness (QED) is 0.327. The Balaban J connectivity index is 3.52. The highest BCUT2D eigenvalue weighted by Crippen LogP contribution is 2.29. The van der Waals surface area contributed by atoms with Crippen molar-refractivity contribution >= 4 is 30.5 Å². The average molecular weight is 446 g/mol. The normalized spacial score (nSPS) is 12.4. The standard InChI is InChI=1S/C12H3F9O6S/c13-10(14,15)25-7(22)3-1-4(8(23)26-11(16,17)18)6(28)5(2-3)9(24)27-12(19,20)21/h1-2,28H. The molecule has 0 bridgehead atoms. The molecule has 0 N–H and O–H groups in total. The maximum atomic E-state index is 12.1. The van der Waals surface area contributed by atoms with Crippen LogP contribution in [0.15, 0.2) is 17.0 Å².